The van der Waals surface area contributed by atoms with Gasteiger partial charge < -0.3 is 10.1 Å². The minimum atomic E-state index is -4.51. The first-order valence-corrected chi connectivity index (χ1v) is 9.48. The Labute approximate surface area is 172 Å². The van der Waals surface area contributed by atoms with E-state index >= 15 is 0 Å². The van der Waals surface area contributed by atoms with Crippen molar-refractivity contribution in [3.8, 4) is 0 Å². The molecule has 0 bridgehead atoms. The van der Waals surface area contributed by atoms with Crippen LogP contribution in [0.4, 0.5) is 18.0 Å². The number of benzene rings is 1. The lowest BCUT2D eigenvalue weighted by atomic mass is 10.0. The molecule has 9 heteroatoms. The maximum atomic E-state index is 13.2. The lowest BCUT2D eigenvalue weighted by Gasteiger charge is -2.23. The normalized spacial score (nSPS) is 13.3. The fourth-order valence-electron chi connectivity index (χ4n) is 2.99. The van der Waals surface area contributed by atoms with Gasteiger partial charge in [0.05, 0.1) is 11.6 Å². The first kappa shape index (κ1) is 21.6. The topological polar surface area (TPSA) is 68.5 Å². The van der Waals surface area contributed by atoms with Gasteiger partial charge in [-0.15, -0.1) is 10.2 Å². The van der Waals surface area contributed by atoms with Crippen LogP contribution in [-0.4, -0.2) is 26.3 Å². The molecule has 0 aliphatic heterocycles. The summed E-state index contributed by atoms with van der Waals surface area (Å²) in [6.07, 6.45) is -3.26. The zero-order chi connectivity index (χ0) is 21.9. The van der Waals surface area contributed by atoms with Gasteiger partial charge >= 0.3 is 12.3 Å². The molecular weight excluding hydrogens is 397 g/mol. The van der Waals surface area contributed by atoms with Crippen LogP contribution in [0.2, 0.25) is 0 Å². The molecule has 0 fully saturated rings. The van der Waals surface area contributed by atoms with Gasteiger partial charge in [0.1, 0.15) is 5.60 Å². The summed E-state index contributed by atoms with van der Waals surface area (Å²) in [7, 11) is 0. The molecule has 160 valence electrons. The molecule has 0 unspecified atom stereocenters. The summed E-state index contributed by atoms with van der Waals surface area (Å²) in [5, 5.41) is 10.7. The van der Waals surface area contributed by atoms with E-state index < -0.39 is 29.5 Å². The third-order valence-corrected chi connectivity index (χ3v) is 4.32. The van der Waals surface area contributed by atoms with E-state index in [-0.39, 0.29) is 11.5 Å². The number of hydrogen-bond acceptors (Lipinski definition) is 4. The van der Waals surface area contributed by atoms with Crippen molar-refractivity contribution in [3.05, 3.63) is 65.6 Å². The number of ether oxygens (including phenoxy) is 1. The second kappa shape index (κ2) is 8.33. The van der Waals surface area contributed by atoms with Gasteiger partial charge in [-0.25, -0.2) is 4.79 Å². The van der Waals surface area contributed by atoms with E-state index in [0.29, 0.717) is 12.8 Å². The van der Waals surface area contributed by atoms with Crippen molar-refractivity contribution in [1.82, 2.24) is 19.9 Å². The number of pyridine rings is 1. The molecule has 0 saturated carbocycles. The molecule has 2 heterocycles. The molecule has 1 N–H and O–H groups in total. The summed E-state index contributed by atoms with van der Waals surface area (Å²) in [5.74, 6) is 0.206. The van der Waals surface area contributed by atoms with Crippen LogP contribution in [0, 0.1) is 0 Å². The Hall–Kier alpha value is -3.10. The van der Waals surface area contributed by atoms with Crippen molar-refractivity contribution in [2.45, 2.75) is 51.4 Å². The number of aryl methyl sites for hydroxylation is 1. The molecular formula is C21H23F3N4O2. The summed E-state index contributed by atoms with van der Waals surface area (Å²) in [4.78, 5) is 12.4. The number of halogens is 3. The Morgan fingerprint density at radius 2 is 1.80 bits per heavy atom. The highest BCUT2D eigenvalue weighted by Gasteiger charge is 2.32. The van der Waals surface area contributed by atoms with Crippen LogP contribution < -0.4 is 5.32 Å². The Morgan fingerprint density at radius 1 is 1.10 bits per heavy atom. The van der Waals surface area contributed by atoms with E-state index in [1.807, 2.05) is 30.3 Å². The van der Waals surface area contributed by atoms with E-state index in [1.54, 1.807) is 20.8 Å². The molecule has 1 aromatic carbocycles. The van der Waals surface area contributed by atoms with Crippen molar-refractivity contribution < 1.29 is 22.7 Å². The predicted molar refractivity (Wildman–Crippen MR) is 105 cm³/mol. The number of carbonyl (C=O) groups excluding carboxylic acids is 1. The van der Waals surface area contributed by atoms with E-state index in [1.165, 1.54) is 10.5 Å². The fraction of sp³-hybridized carbons (Fsp3) is 0.381. The molecule has 1 amide bonds. The highest BCUT2D eigenvalue weighted by atomic mass is 19.4. The van der Waals surface area contributed by atoms with Gasteiger partial charge in [-0.05, 0) is 51.3 Å². The first-order chi connectivity index (χ1) is 14.0. The van der Waals surface area contributed by atoms with Gasteiger partial charge in [-0.1, -0.05) is 30.3 Å². The zero-order valence-electron chi connectivity index (χ0n) is 16.9. The summed E-state index contributed by atoms with van der Waals surface area (Å²) < 4.78 is 46.1. The summed E-state index contributed by atoms with van der Waals surface area (Å²) in [6.45, 7) is 5.19. The number of nitrogens with one attached hydrogen (secondary N) is 1. The van der Waals surface area contributed by atoms with Gasteiger partial charge in [0.25, 0.3) is 0 Å². The lowest BCUT2D eigenvalue weighted by Crippen LogP contribution is -2.36. The number of rotatable bonds is 5. The van der Waals surface area contributed by atoms with E-state index in [0.717, 1.165) is 17.8 Å². The van der Waals surface area contributed by atoms with Crippen LogP contribution in [0.3, 0.4) is 0 Å². The Kier molecular flexibility index (Phi) is 6.00. The van der Waals surface area contributed by atoms with E-state index in [2.05, 4.69) is 15.5 Å². The van der Waals surface area contributed by atoms with Gasteiger partial charge in [0.15, 0.2) is 11.5 Å². The lowest BCUT2D eigenvalue weighted by molar-refractivity contribution is -0.137. The molecule has 1 atom stereocenters. The van der Waals surface area contributed by atoms with Crippen LogP contribution >= 0.6 is 0 Å². The molecule has 0 aliphatic rings. The van der Waals surface area contributed by atoms with Crippen LogP contribution in [-0.2, 0) is 17.3 Å². The standard InChI is InChI=1S/C21H23F3N4O2/c1-20(2,3)30-19(29)25-16(11-9-14-7-5-4-6-8-14)18-27-26-17-12-10-15(13-28(17)18)21(22,23)24/h4-8,10,12-13,16H,9,11H2,1-3H3,(H,25,29)/t16-/m0/s1. The molecule has 2 aromatic heterocycles. The minimum Gasteiger partial charge on any atom is -0.444 e. The fourth-order valence-corrected chi connectivity index (χ4v) is 2.99. The second-order valence-electron chi connectivity index (χ2n) is 7.93. The van der Waals surface area contributed by atoms with E-state index in [4.69, 9.17) is 4.74 Å². The number of carbonyl (C=O) groups is 1. The number of fused-ring (bicyclic) bond motifs is 1. The Balaban J connectivity index is 1.93. The smallest absolute Gasteiger partial charge is 0.417 e. The van der Waals surface area contributed by atoms with Crippen molar-refractivity contribution >= 4 is 11.7 Å². The minimum absolute atomic E-state index is 0.206. The van der Waals surface area contributed by atoms with Crippen LogP contribution in [0.25, 0.3) is 5.65 Å². The molecule has 6 nitrogen and oxygen atoms in total. The van der Waals surface area contributed by atoms with E-state index in [9.17, 15) is 18.0 Å². The molecule has 0 saturated heterocycles. The quantitative estimate of drug-likeness (QED) is 0.634. The van der Waals surface area contributed by atoms with Gasteiger partial charge in [-0.2, -0.15) is 13.2 Å². The van der Waals surface area contributed by atoms with Crippen molar-refractivity contribution in [1.29, 1.82) is 0 Å². The zero-order valence-corrected chi connectivity index (χ0v) is 16.9. The molecule has 0 aliphatic carbocycles. The highest BCUT2D eigenvalue weighted by molar-refractivity contribution is 5.68. The van der Waals surface area contributed by atoms with Crippen LogP contribution in [0.15, 0.2) is 48.7 Å². The number of amides is 1. The number of alkyl carbamates (subject to hydrolysis) is 1. The van der Waals surface area contributed by atoms with Crippen LogP contribution in [0.5, 0.6) is 0 Å². The van der Waals surface area contributed by atoms with Gasteiger partial charge in [-0.3, -0.25) is 4.40 Å². The largest absolute Gasteiger partial charge is 0.444 e. The third-order valence-electron chi connectivity index (χ3n) is 4.32. The Bertz CT molecular complexity index is 1010. The predicted octanol–water partition coefficient (Wildman–Crippen LogP) is 4.95. The van der Waals surface area contributed by atoms with Crippen molar-refractivity contribution in [2.24, 2.45) is 0 Å². The summed E-state index contributed by atoms with van der Waals surface area (Å²) in [5.41, 5.74) is -0.258. The number of hydrogen-bond donors (Lipinski definition) is 1. The highest BCUT2D eigenvalue weighted by Crippen LogP contribution is 2.30. The third kappa shape index (κ3) is 5.49. The second-order valence-corrected chi connectivity index (χ2v) is 7.93. The number of alkyl halides is 3. The van der Waals surface area contributed by atoms with Gasteiger partial charge in [0.2, 0.25) is 0 Å². The SMILES string of the molecule is CC(C)(C)OC(=O)N[C@@H](CCc1ccccc1)c1nnc2ccc(C(F)(F)F)cn12. The maximum Gasteiger partial charge on any atom is 0.417 e. The molecule has 0 radical (unpaired) electrons. The van der Waals surface area contributed by atoms with Crippen LogP contribution in [0.1, 0.15) is 50.2 Å². The molecule has 0 spiro atoms. The summed E-state index contributed by atoms with van der Waals surface area (Å²) in [6, 6.07) is 11.1. The number of nitrogens with zero attached hydrogens (tertiary/aromatic N) is 3. The monoisotopic (exact) mass is 420 g/mol. The maximum absolute atomic E-state index is 13.2. The molecule has 3 aromatic rings. The van der Waals surface area contributed by atoms with Gasteiger partial charge in [0, 0.05) is 6.20 Å². The average molecular weight is 420 g/mol. The average Bonchev–Trinajstić information content (AvgIpc) is 3.07. The molecule has 3 rings (SSSR count). The molecule has 30 heavy (non-hydrogen) atoms. The Morgan fingerprint density at radius 3 is 2.43 bits per heavy atom. The van der Waals surface area contributed by atoms with Crippen molar-refractivity contribution in [3.63, 3.8) is 0 Å². The summed E-state index contributed by atoms with van der Waals surface area (Å²) >= 11 is 0. The van der Waals surface area contributed by atoms with Crippen molar-refractivity contribution in [2.75, 3.05) is 0 Å². The first-order valence-electron chi connectivity index (χ1n) is 9.48. The number of aromatic nitrogens is 3.